The number of rotatable bonds is 2. The van der Waals surface area contributed by atoms with Crippen molar-refractivity contribution in [1.82, 2.24) is 14.8 Å². The summed E-state index contributed by atoms with van der Waals surface area (Å²) in [4.78, 5) is 21.5. The average molecular weight is 301 g/mol. The first kappa shape index (κ1) is 15.5. The van der Waals surface area contributed by atoms with Crippen molar-refractivity contribution in [1.29, 1.82) is 0 Å². The largest absolute Gasteiger partial charge is 0.338 e. The number of piperidine rings is 2. The third kappa shape index (κ3) is 2.89. The molecule has 0 bridgehead atoms. The van der Waals surface area contributed by atoms with Gasteiger partial charge in [-0.05, 0) is 57.8 Å². The molecule has 2 fully saturated rings. The fraction of sp³-hybridized carbons (Fsp3) is 0.667. The fourth-order valence-electron chi connectivity index (χ4n) is 3.93. The molecule has 1 spiro atoms. The highest BCUT2D eigenvalue weighted by Gasteiger charge is 2.40. The minimum absolute atomic E-state index is 0.142. The number of pyridine rings is 1. The maximum absolute atomic E-state index is 12.6. The molecule has 3 heterocycles. The topological polar surface area (TPSA) is 36.4 Å². The molecule has 0 atom stereocenters. The number of nitrogens with zero attached hydrogens (tertiary/aromatic N) is 3. The molecule has 2 aliphatic rings. The average Bonchev–Trinajstić information content (AvgIpc) is 2.58. The predicted octanol–water partition coefficient (Wildman–Crippen LogP) is 2.73. The summed E-state index contributed by atoms with van der Waals surface area (Å²) in [5, 5.41) is 0. The zero-order valence-corrected chi connectivity index (χ0v) is 13.8. The molecule has 2 saturated heterocycles. The standard InChI is InChI=1S/C18H27N3O/c1-3-16-7-6-15(14-19-16)17(22)21-12-9-18(10-13-21)8-4-5-11-20(18)2/h6-7,14H,3-5,8-13H2,1-2H3. The van der Waals surface area contributed by atoms with Crippen molar-refractivity contribution in [2.24, 2.45) is 0 Å². The summed E-state index contributed by atoms with van der Waals surface area (Å²) in [6, 6.07) is 3.89. The van der Waals surface area contributed by atoms with Crippen LogP contribution in [-0.4, -0.2) is 52.9 Å². The van der Waals surface area contributed by atoms with E-state index in [2.05, 4.69) is 23.9 Å². The number of aromatic nitrogens is 1. The van der Waals surface area contributed by atoms with Crippen LogP contribution < -0.4 is 0 Å². The first-order chi connectivity index (χ1) is 10.6. The highest BCUT2D eigenvalue weighted by Crippen LogP contribution is 2.36. The molecule has 1 amide bonds. The maximum Gasteiger partial charge on any atom is 0.255 e. The number of carbonyl (C=O) groups is 1. The summed E-state index contributed by atoms with van der Waals surface area (Å²) in [6.07, 6.45) is 8.80. The van der Waals surface area contributed by atoms with Gasteiger partial charge in [0.1, 0.15) is 0 Å². The molecule has 2 aliphatic heterocycles. The molecular weight excluding hydrogens is 274 g/mol. The monoisotopic (exact) mass is 301 g/mol. The summed E-state index contributed by atoms with van der Waals surface area (Å²) in [5.74, 6) is 0.142. The van der Waals surface area contributed by atoms with Crippen molar-refractivity contribution < 1.29 is 4.79 Å². The lowest BCUT2D eigenvalue weighted by Gasteiger charge is -2.50. The van der Waals surface area contributed by atoms with Crippen molar-refractivity contribution in [2.45, 2.75) is 51.0 Å². The number of hydrogen-bond acceptors (Lipinski definition) is 3. The number of hydrogen-bond donors (Lipinski definition) is 0. The lowest BCUT2D eigenvalue weighted by molar-refractivity contribution is 0.0111. The molecule has 1 aromatic heterocycles. The van der Waals surface area contributed by atoms with Gasteiger partial charge in [0.2, 0.25) is 0 Å². The molecule has 0 N–H and O–H groups in total. The highest BCUT2D eigenvalue weighted by molar-refractivity contribution is 5.94. The van der Waals surface area contributed by atoms with E-state index in [0.717, 1.165) is 43.6 Å². The van der Waals surface area contributed by atoms with E-state index in [1.165, 1.54) is 25.8 Å². The van der Waals surface area contributed by atoms with Gasteiger partial charge in [0.05, 0.1) is 5.56 Å². The summed E-state index contributed by atoms with van der Waals surface area (Å²) in [6.45, 7) is 5.03. The molecule has 0 saturated carbocycles. The van der Waals surface area contributed by atoms with E-state index in [4.69, 9.17) is 0 Å². The Bertz CT molecular complexity index is 518. The fourth-order valence-corrected chi connectivity index (χ4v) is 3.93. The van der Waals surface area contributed by atoms with Crippen LogP contribution in [0.5, 0.6) is 0 Å². The van der Waals surface area contributed by atoms with Crippen molar-refractivity contribution in [3.63, 3.8) is 0 Å². The zero-order valence-electron chi connectivity index (χ0n) is 13.8. The Morgan fingerprint density at radius 2 is 1.95 bits per heavy atom. The van der Waals surface area contributed by atoms with Gasteiger partial charge in [-0.2, -0.15) is 0 Å². The second-order valence-corrected chi connectivity index (χ2v) is 6.79. The van der Waals surface area contributed by atoms with Crippen LogP contribution in [0.1, 0.15) is 55.1 Å². The first-order valence-electron chi connectivity index (χ1n) is 8.60. The van der Waals surface area contributed by atoms with E-state index >= 15 is 0 Å². The van der Waals surface area contributed by atoms with Crippen LogP contribution in [0.15, 0.2) is 18.3 Å². The van der Waals surface area contributed by atoms with Gasteiger partial charge >= 0.3 is 0 Å². The van der Waals surface area contributed by atoms with Gasteiger partial charge in [-0.1, -0.05) is 13.3 Å². The molecule has 0 radical (unpaired) electrons. The van der Waals surface area contributed by atoms with Gasteiger partial charge in [0.15, 0.2) is 0 Å². The van der Waals surface area contributed by atoms with E-state index in [9.17, 15) is 4.79 Å². The molecule has 120 valence electrons. The van der Waals surface area contributed by atoms with Crippen LogP contribution in [-0.2, 0) is 6.42 Å². The van der Waals surface area contributed by atoms with Crippen LogP contribution in [0.3, 0.4) is 0 Å². The maximum atomic E-state index is 12.6. The minimum atomic E-state index is 0.142. The minimum Gasteiger partial charge on any atom is -0.338 e. The first-order valence-corrected chi connectivity index (χ1v) is 8.60. The van der Waals surface area contributed by atoms with Gasteiger partial charge in [0.25, 0.3) is 5.91 Å². The van der Waals surface area contributed by atoms with Crippen molar-refractivity contribution in [3.05, 3.63) is 29.6 Å². The smallest absolute Gasteiger partial charge is 0.255 e. The quantitative estimate of drug-likeness (QED) is 0.843. The molecular formula is C18H27N3O. The van der Waals surface area contributed by atoms with Crippen molar-refractivity contribution in [2.75, 3.05) is 26.7 Å². The van der Waals surface area contributed by atoms with Crippen LogP contribution in [0.2, 0.25) is 0 Å². The van der Waals surface area contributed by atoms with Crippen molar-refractivity contribution in [3.8, 4) is 0 Å². The third-order valence-electron chi connectivity index (χ3n) is 5.61. The van der Waals surface area contributed by atoms with E-state index in [1.807, 2.05) is 17.0 Å². The van der Waals surface area contributed by atoms with E-state index < -0.39 is 0 Å². The second kappa shape index (κ2) is 6.37. The third-order valence-corrected chi connectivity index (χ3v) is 5.61. The second-order valence-electron chi connectivity index (χ2n) is 6.79. The van der Waals surface area contributed by atoms with Gasteiger partial charge in [0, 0.05) is 30.5 Å². The van der Waals surface area contributed by atoms with Gasteiger partial charge in [-0.25, -0.2) is 0 Å². The van der Waals surface area contributed by atoms with E-state index in [1.54, 1.807) is 6.20 Å². The Hall–Kier alpha value is -1.42. The molecule has 3 rings (SSSR count). The Labute approximate surface area is 133 Å². The predicted molar refractivity (Wildman–Crippen MR) is 88.0 cm³/mol. The van der Waals surface area contributed by atoms with E-state index in [0.29, 0.717) is 5.54 Å². The number of likely N-dealkylation sites (tertiary alicyclic amines) is 2. The van der Waals surface area contributed by atoms with Crippen LogP contribution in [0.4, 0.5) is 0 Å². The van der Waals surface area contributed by atoms with Crippen LogP contribution in [0.25, 0.3) is 0 Å². The zero-order chi connectivity index (χ0) is 15.6. The van der Waals surface area contributed by atoms with Crippen LogP contribution >= 0.6 is 0 Å². The summed E-state index contributed by atoms with van der Waals surface area (Å²) < 4.78 is 0. The number of aryl methyl sites for hydroxylation is 1. The molecule has 22 heavy (non-hydrogen) atoms. The molecule has 1 aromatic rings. The van der Waals surface area contributed by atoms with Crippen molar-refractivity contribution >= 4 is 5.91 Å². The lowest BCUT2D eigenvalue weighted by atomic mass is 9.79. The summed E-state index contributed by atoms with van der Waals surface area (Å²) in [7, 11) is 2.25. The van der Waals surface area contributed by atoms with Gasteiger partial charge < -0.3 is 9.80 Å². The Morgan fingerprint density at radius 1 is 1.18 bits per heavy atom. The summed E-state index contributed by atoms with van der Waals surface area (Å²) in [5.41, 5.74) is 2.11. The Balaban J connectivity index is 1.64. The van der Waals surface area contributed by atoms with Gasteiger partial charge in [-0.15, -0.1) is 0 Å². The number of carbonyl (C=O) groups excluding carboxylic acids is 1. The highest BCUT2D eigenvalue weighted by atomic mass is 16.2. The Morgan fingerprint density at radius 3 is 2.55 bits per heavy atom. The van der Waals surface area contributed by atoms with Crippen LogP contribution in [0, 0.1) is 0 Å². The SMILES string of the molecule is CCc1ccc(C(=O)N2CCC3(CCCCN3C)CC2)cn1. The van der Waals surface area contributed by atoms with E-state index in [-0.39, 0.29) is 5.91 Å². The van der Waals surface area contributed by atoms with Gasteiger partial charge in [-0.3, -0.25) is 9.78 Å². The Kier molecular flexibility index (Phi) is 4.48. The normalized spacial score (nSPS) is 22.0. The molecule has 0 aliphatic carbocycles. The molecule has 0 unspecified atom stereocenters. The molecule has 0 aromatic carbocycles. The lowest BCUT2D eigenvalue weighted by Crippen LogP contribution is -2.56. The summed E-state index contributed by atoms with van der Waals surface area (Å²) >= 11 is 0. The number of amides is 1. The molecule has 4 heteroatoms. The molecule has 4 nitrogen and oxygen atoms in total.